The minimum Gasteiger partial charge on any atom is -0.538 e. The van der Waals surface area contributed by atoms with Crippen molar-refractivity contribution in [2.75, 3.05) is 18.2 Å². The van der Waals surface area contributed by atoms with Crippen molar-refractivity contribution < 1.29 is 54.6 Å². The predicted octanol–water partition coefficient (Wildman–Crippen LogP) is 3.34. The topological polar surface area (TPSA) is 91.3 Å². The number of carbonyl (C=O) groups excluding carboxylic acids is 1. The standard InChI is InChI=1S/C18H10F7N3O4S/c1-31-8-4-2-7(3-5-8)28-16(17(30)32-27-28)33-6-9(29)26-15-13(21)11(19)10(18(23,24)25)12(20)14(15)22/h2-5H,6H2,1H3,(H-,26,27,29,30). The summed E-state index contributed by atoms with van der Waals surface area (Å²) in [7, 11) is 1.42. The summed E-state index contributed by atoms with van der Waals surface area (Å²) in [4.78, 5) is 12.0. The largest absolute Gasteiger partial charge is 0.538 e. The van der Waals surface area contributed by atoms with Crippen LogP contribution >= 0.6 is 11.8 Å². The van der Waals surface area contributed by atoms with Gasteiger partial charge in [0, 0.05) is 12.1 Å². The Morgan fingerprint density at radius 1 is 1.12 bits per heavy atom. The van der Waals surface area contributed by atoms with Crippen molar-refractivity contribution in [1.82, 2.24) is 5.27 Å². The van der Waals surface area contributed by atoms with Gasteiger partial charge in [-0.3, -0.25) is 4.79 Å². The van der Waals surface area contributed by atoms with Gasteiger partial charge in [0.15, 0.2) is 29.2 Å². The fraction of sp³-hybridized carbons (Fsp3) is 0.167. The van der Waals surface area contributed by atoms with Crippen molar-refractivity contribution in [1.29, 1.82) is 0 Å². The zero-order valence-electron chi connectivity index (χ0n) is 16.1. The number of amides is 1. The van der Waals surface area contributed by atoms with Gasteiger partial charge < -0.3 is 19.7 Å². The number of rotatable bonds is 6. The highest BCUT2D eigenvalue weighted by Gasteiger charge is 2.42. The molecule has 1 aromatic heterocycles. The van der Waals surface area contributed by atoms with Crippen LogP contribution < -0.4 is 19.8 Å². The van der Waals surface area contributed by atoms with E-state index in [2.05, 4.69) is 9.79 Å². The molecule has 2 aromatic carbocycles. The van der Waals surface area contributed by atoms with Crippen LogP contribution in [0.5, 0.6) is 11.7 Å². The van der Waals surface area contributed by atoms with E-state index in [4.69, 9.17) is 4.74 Å². The number of ether oxygens (including phenoxy) is 1. The third-order valence-electron chi connectivity index (χ3n) is 4.04. The number of hydrogen-bond donors (Lipinski definition) is 1. The van der Waals surface area contributed by atoms with E-state index in [0.717, 1.165) is 4.68 Å². The second-order valence-corrected chi connectivity index (χ2v) is 7.08. The van der Waals surface area contributed by atoms with Crippen molar-refractivity contribution in [2.24, 2.45) is 0 Å². The highest BCUT2D eigenvalue weighted by molar-refractivity contribution is 7.99. The molecule has 33 heavy (non-hydrogen) atoms. The van der Waals surface area contributed by atoms with Crippen molar-refractivity contribution in [3.05, 3.63) is 53.1 Å². The molecule has 0 saturated heterocycles. The van der Waals surface area contributed by atoms with Gasteiger partial charge in [-0.15, -0.1) is 0 Å². The molecule has 0 spiro atoms. The normalized spacial score (nSPS) is 11.5. The first-order chi connectivity index (χ1) is 15.5. The molecule has 0 unspecified atom stereocenters. The molecule has 176 valence electrons. The monoisotopic (exact) mass is 497 g/mol. The lowest BCUT2D eigenvalue weighted by Gasteiger charge is -2.14. The van der Waals surface area contributed by atoms with Crippen LogP contribution in [0.3, 0.4) is 0 Å². The molecule has 0 aliphatic carbocycles. The molecule has 3 aromatic rings. The number of methoxy groups -OCH3 is 1. The third kappa shape index (κ3) is 4.81. The number of carbonyl (C=O) groups is 1. The van der Waals surface area contributed by atoms with Crippen molar-refractivity contribution in [2.45, 2.75) is 11.2 Å². The second kappa shape index (κ2) is 9.17. The Morgan fingerprint density at radius 3 is 2.21 bits per heavy atom. The first-order valence-corrected chi connectivity index (χ1v) is 9.53. The van der Waals surface area contributed by atoms with Crippen molar-refractivity contribution in [3.8, 4) is 17.4 Å². The maximum absolute atomic E-state index is 13.9. The van der Waals surface area contributed by atoms with Gasteiger partial charge >= 0.3 is 6.18 Å². The van der Waals surface area contributed by atoms with Gasteiger partial charge in [0.1, 0.15) is 17.0 Å². The highest BCUT2D eigenvalue weighted by Crippen LogP contribution is 2.38. The highest BCUT2D eigenvalue weighted by atomic mass is 32.2. The van der Waals surface area contributed by atoms with Crippen molar-refractivity contribution >= 4 is 23.4 Å². The Balaban J connectivity index is 1.80. The van der Waals surface area contributed by atoms with Crippen LogP contribution in [0.1, 0.15) is 5.56 Å². The summed E-state index contributed by atoms with van der Waals surface area (Å²) in [5.74, 6) is -12.9. The summed E-state index contributed by atoms with van der Waals surface area (Å²) in [6.07, 6.45) is -5.72. The van der Waals surface area contributed by atoms with E-state index in [0.29, 0.717) is 23.2 Å². The lowest BCUT2D eigenvalue weighted by atomic mass is 10.1. The number of nitrogens with zero attached hydrogens (tertiary/aromatic N) is 2. The van der Waals surface area contributed by atoms with Crippen LogP contribution in [-0.4, -0.2) is 24.0 Å². The molecule has 0 aliphatic heterocycles. The van der Waals surface area contributed by atoms with Gasteiger partial charge in [0.2, 0.25) is 11.6 Å². The second-order valence-electron chi connectivity index (χ2n) is 6.12. The van der Waals surface area contributed by atoms with Gasteiger partial charge in [-0.25, -0.2) is 17.6 Å². The molecule has 7 nitrogen and oxygen atoms in total. The molecule has 0 aliphatic rings. The number of aromatic nitrogens is 2. The first kappa shape index (κ1) is 24.2. The van der Waals surface area contributed by atoms with E-state index in [-0.39, 0.29) is 5.03 Å². The summed E-state index contributed by atoms with van der Waals surface area (Å²) in [6.45, 7) is 0. The summed E-state index contributed by atoms with van der Waals surface area (Å²) in [6, 6.07) is 6.04. The molecular formula is C18H10F7N3O4S. The molecule has 1 N–H and O–H groups in total. The number of halogens is 7. The van der Waals surface area contributed by atoms with E-state index in [1.165, 1.54) is 36.7 Å². The molecule has 3 rings (SSSR count). The SMILES string of the molecule is COc1ccc(-[n+]2noc([O-])c2SCC(=O)Nc2c(F)c(F)c(C(F)(F)F)c(F)c2F)cc1. The van der Waals surface area contributed by atoms with Crippen LogP contribution in [-0.2, 0) is 11.0 Å². The van der Waals surface area contributed by atoms with E-state index < -0.39 is 58.3 Å². The van der Waals surface area contributed by atoms with Crippen LogP contribution in [0, 0.1) is 23.3 Å². The first-order valence-electron chi connectivity index (χ1n) is 8.55. The minimum atomic E-state index is -5.72. The van der Waals surface area contributed by atoms with Gasteiger partial charge in [-0.05, 0) is 28.6 Å². The maximum atomic E-state index is 13.9. The van der Waals surface area contributed by atoms with Crippen LogP contribution in [0.15, 0.2) is 33.8 Å². The minimum absolute atomic E-state index is 0.249. The summed E-state index contributed by atoms with van der Waals surface area (Å²) in [5, 5.41) is 16.6. The molecule has 0 atom stereocenters. The average Bonchev–Trinajstić information content (AvgIpc) is 3.13. The zero-order valence-corrected chi connectivity index (χ0v) is 16.9. The predicted molar refractivity (Wildman–Crippen MR) is 94.7 cm³/mol. The summed E-state index contributed by atoms with van der Waals surface area (Å²) < 4.78 is 104. The van der Waals surface area contributed by atoms with Crippen molar-refractivity contribution in [3.63, 3.8) is 0 Å². The molecule has 1 amide bonds. The van der Waals surface area contributed by atoms with Gasteiger partial charge in [0.25, 0.3) is 5.03 Å². The van der Waals surface area contributed by atoms with E-state index in [1.807, 2.05) is 0 Å². The van der Waals surface area contributed by atoms with Gasteiger partial charge in [-0.1, -0.05) is 0 Å². The van der Waals surface area contributed by atoms with E-state index in [1.54, 1.807) is 0 Å². The summed E-state index contributed by atoms with van der Waals surface area (Å²) >= 11 is 0.479. The lowest BCUT2D eigenvalue weighted by Crippen LogP contribution is -2.35. The summed E-state index contributed by atoms with van der Waals surface area (Å²) in [5.41, 5.74) is -4.21. The maximum Gasteiger partial charge on any atom is 0.422 e. The number of alkyl halides is 3. The van der Waals surface area contributed by atoms with Gasteiger partial charge in [0.05, 0.1) is 18.1 Å². The molecule has 15 heteroatoms. The van der Waals surface area contributed by atoms with Gasteiger partial charge in [-0.2, -0.15) is 13.2 Å². The Labute approximate surface area is 183 Å². The number of nitrogens with one attached hydrogen (secondary N) is 1. The van der Waals surface area contributed by atoms with Crippen LogP contribution in [0.4, 0.5) is 36.4 Å². The molecule has 0 saturated carbocycles. The Morgan fingerprint density at radius 2 is 1.70 bits per heavy atom. The van der Waals surface area contributed by atoms with Crippen LogP contribution in [0.25, 0.3) is 5.69 Å². The molecule has 0 fully saturated rings. The third-order valence-corrected chi connectivity index (χ3v) is 5.06. The van der Waals surface area contributed by atoms with E-state index in [9.17, 15) is 40.6 Å². The fourth-order valence-electron chi connectivity index (χ4n) is 2.55. The lowest BCUT2D eigenvalue weighted by molar-refractivity contribution is -0.705. The number of thioether (sulfide) groups is 1. The average molecular weight is 497 g/mol. The number of anilines is 1. The molecule has 0 bridgehead atoms. The molecular weight excluding hydrogens is 487 g/mol. The smallest absolute Gasteiger partial charge is 0.422 e. The Hall–Kier alpha value is -3.49. The fourth-order valence-corrected chi connectivity index (χ4v) is 3.30. The number of hydrogen-bond acceptors (Lipinski definition) is 6. The van der Waals surface area contributed by atoms with Crippen LogP contribution in [0.2, 0.25) is 0 Å². The quantitative estimate of drug-likeness (QED) is 0.243. The number of benzene rings is 2. The Kier molecular flexibility index (Phi) is 6.71. The zero-order chi connectivity index (χ0) is 24.5. The molecule has 0 radical (unpaired) electrons. The molecule has 1 heterocycles. The van der Waals surface area contributed by atoms with E-state index >= 15 is 0 Å². The Bertz CT molecular complexity index is 1170.